The van der Waals surface area contributed by atoms with Crippen molar-refractivity contribution in [3.63, 3.8) is 0 Å². The number of benzene rings is 2. The first-order chi connectivity index (χ1) is 15.0. The van der Waals surface area contributed by atoms with Crippen molar-refractivity contribution >= 4 is 24.5 Å². The van der Waals surface area contributed by atoms with Crippen molar-refractivity contribution in [1.29, 1.82) is 0 Å². The highest BCUT2D eigenvalue weighted by atomic mass is 16.7. The quantitative estimate of drug-likeness (QED) is 0.546. The number of carbonyl (C=O) groups excluding carboxylic acids is 1. The molecule has 1 aliphatic carbocycles. The third-order valence-corrected chi connectivity index (χ3v) is 6.96. The van der Waals surface area contributed by atoms with Gasteiger partial charge in [0, 0.05) is 0 Å². The number of hydrogen-bond acceptors (Lipinski definition) is 5. The maximum Gasteiger partial charge on any atom is 0.494 e. The molecule has 2 fully saturated rings. The van der Waals surface area contributed by atoms with Gasteiger partial charge in [0.05, 0.1) is 28.8 Å². The summed E-state index contributed by atoms with van der Waals surface area (Å²) in [6.07, 6.45) is 1.54. The summed E-state index contributed by atoms with van der Waals surface area (Å²) in [5.41, 5.74) is 1.56. The van der Waals surface area contributed by atoms with Gasteiger partial charge in [-0.2, -0.15) is 0 Å². The molecule has 0 aromatic heterocycles. The standard InChI is InChI=1S/C25H29BO6/c1-6-30-22(29)25(13-14-25)17-9-7-16(8-10-17)19-12-11-18(15-20(19)21(27)28)26-31-23(2,3)24(4,5)32-26/h7-12,15H,6,13-14H2,1-5H3,(H,27,28). The lowest BCUT2D eigenvalue weighted by molar-refractivity contribution is -0.146. The molecule has 4 rings (SSSR count). The molecule has 1 heterocycles. The number of rotatable bonds is 6. The van der Waals surface area contributed by atoms with Crippen LogP contribution in [-0.2, 0) is 24.3 Å². The van der Waals surface area contributed by atoms with Gasteiger partial charge in [0.1, 0.15) is 0 Å². The molecule has 0 bridgehead atoms. The predicted octanol–water partition coefficient (Wildman–Crippen LogP) is 3.95. The van der Waals surface area contributed by atoms with Gasteiger partial charge in [0.15, 0.2) is 0 Å². The zero-order chi connectivity index (χ0) is 23.3. The van der Waals surface area contributed by atoms with E-state index in [2.05, 4.69) is 0 Å². The van der Waals surface area contributed by atoms with E-state index in [1.165, 1.54) is 0 Å². The van der Waals surface area contributed by atoms with Crippen LogP contribution in [0.4, 0.5) is 0 Å². The fraction of sp³-hybridized carbons (Fsp3) is 0.440. The number of hydrogen-bond donors (Lipinski definition) is 1. The molecule has 32 heavy (non-hydrogen) atoms. The second kappa shape index (κ2) is 7.75. The summed E-state index contributed by atoms with van der Waals surface area (Å²) in [5, 5.41) is 9.88. The fourth-order valence-electron chi connectivity index (χ4n) is 4.09. The van der Waals surface area contributed by atoms with E-state index in [0.717, 1.165) is 24.0 Å². The molecule has 0 spiro atoms. The van der Waals surface area contributed by atoms with Gasteiger partial charge in [-0.3, -0.25) is 4.79 Å². The summed E-state index contributed by atoms with van der Waals surface area (Å²) in [4.78, 5) is 24.4. The second-order valence-corrected chi connectivity index (χ2v) is 9.58. The number of carboxylic acids is 1. The molecular formula is C25H29BO6. The van der Waals surface area contributed by atoms with E-state index in [-0.39, 0.29) is 11.5 Å². The van der Waals surface area contributed by atoms with Gasteiger partial charge in [-0.15, -0.1) is 0 Å². The molecule has 2 aromatic carbocycles. The predicted molar refractivity (Wildman–Crippen MR) is 122 cm³/mol. The van der Waals surface area contributed by atoms with Crippen molar-refractivity contribution in [3.8, 4) is 11.1 Å². The monoisotopic (exact) mass is 436 g/mol. The summed E-state index contributed by atoms with van der Waals surface area (Å²) in [6.45, 7) is 10.0. The lowest BCUT2D eigenvalue weighted by Crippen LogP contribution is -2.41. The zero-order valence-electron chi connectivity index (χ0n) is 19.2. The highest BCUT2D eigenvalue weighted by Gasteiger charge is 2.53. The van der Waals surface area contributed by atoms with Crippen LogP contribution in [0.3, 0.4) is 0 Å². The first kappa shape index (κ1) is 22.6. The Morgan fingerprint density at radius 1 is 1.00 bits per heavy atom. The van der Waals surface area contributed by atoms with Crippen LogP contribution in [0.15, 0.2) is 42.5 Å². The Labute approximate surface area is 189 Å². The van der Waals surface area contributed by atoms with Crippen LogP contribution >= 0.6 is 0 Å². The number of esters is 1. The SMILES string of the molecule is CCOC(=O)C1(c2ccc(-c3ccc(B4OC(C)(C)C(C)(C)O4)cc3C(=O)O)cc2)CC1. The minimum Gasteiger partial charge on any atom is -0.478 e. The van der Waals surface area contributed by atoms with Crippen molar-refractivity contribution in [2.45, 2.75) is 64.1 Å². The Balaban J connectivity index is 1.63. The molecule has 0 radical (unpaired) electrons. The summed E-state index contributed by atoms with van der Waals surface area (Å²) < 4.78 is 17.4. The molecule has 1 N–H and O–H groups in total. The molecule has 168 valence electrons. The third-order valence-electron chi connectivity index (χ3n) is 6.96. The first-order valence-corrected chi connectivity index (χ1v) is 11.0. The third kappa shape index (κ3) is 3.73. The zero-order valence-corrected chi connectivity index (χ0v) is 19.2. The Morgan fingerprint density at radius 3 is 2.09 bits per heavy atom. The van der Waals surface area contributed by atoms with E-state index in [0.29, 0.717) is 17.6 Å². The van der Waals surface area contributed by atoms with E-state index in [4.69, 9.17) is 14.0 Å². The van der Waals surface area contributed by atoms with E-state index >= 15 is 0 Å². The molecule has 1 aliphatic heterocycles. The number of carbonyl (C=O) groups is 2. The van der Waals surface area contributed by atoms with E-state index in [1.807, 2.05) is 58.0 Å². The van der Waals surface area contributed by atoms with Crippen molar-refractivity contribution < 1.29 is 28.7 Å². The molecule has 0 atom stereocenters. The summed E-state index contributed by atoms with van der Waals surface area (Å²) in [5.74, 6) is -1.21. The van der Waals surface area contributed by atoms with E-state index in [9.17, 15) is 14.7 Å². The average molecular weight is 436 g/mol. The molecule has 0 amide bonds. The van der Waals surface area contributed by atoms with Gasteiger partial charge >= 0.3 is 19.1 Å². The summed E-state index contributed by atoms with van der Waals surface area (Å²) in [7, 11) is -0.631. The maximum atomic E-state index is 12.4. The van der Waals surface area contributed by atoms with Crippen LogP contribution in [0.25, 0.3) is 11.1 Å². The van der Waals surface area contributed by atoms with Crippen molar-refractivity contribution in [3.05, 3.63) is 53.6 Å². The molecule has 1 saturated carbocycles. The number of aromatic carboxylic acids is 1. The lowest BCUT2D eigenvalue weighted by Gasteiger charge is -2.32. The fourth-order valence-corrected chi connectivity index (χ4v) is 4.09. The molecule has 2 aromatic rings. The van der Waals surface area contributed by atoms with Crippen LogP contribution in [-0.4, -0.2) is 42.0 Å². The van der Waals surface area contributed by atoms with Crippen LogP contribution in [0, 0.1) is 0 Å². The van der Waals surface area contributed by atoms with Gasteiger partial charge in [0.2, 0.25) is 0 Å². The minimum absolute atomic E-state index is 0.177. The average Bonchev–Trinajstić information content (AvgIpc) is 3.51. The van der Waals surface area contributed by atoms with E-state index in [1.54, 1.807) is 19.1 Å². The van der Waals surface area contributed by atoms with Crippen molar-refractivity contribution in [2.75, 3.05) is 6.61 Å². The van der Waals surface area contributed by atoms with Crippen molar-refractivity contribution in [2.24, 2.45) is 0 Å². The van der Waals surface area contributed by atoms with Crippen LogP contribution < -0.4 is 5.46 Å². The molecule has 1 saturated heterocycles. The Kier molecular flexibility index (Phi) is 5.46. The molecule has 2 aliphatic rings. The van der Waals surface area contributed by atoms with Gasteiger partial charge in [-0.25, -0.2) is 4.79 Å². The number of carboxylic acid groups (broad SMARTS) is 1. The van der Waals surface area contributed by atoms with Crippen LogP contribution in [0.1, 0.15) is 63.4 Å². The van der Waals surface area contributed by atoms with Gasteiger partial charge in [-0.05, 0) is 75.7 Å². The Hall–Kier alpha value is -2.64. The molecule has 0 unspecified atom stereocenters. The molecular weight excluding hydrogens is 407 g/mol. The lowest BCUT2D eigenvalue weighted by atomic mass is 9.77. The first-order valence-electron chi connectivity index (χ1n) is 11.0. The second-order valence-electron chi connectivity index (χ2n) is 9.58. The minimum atomic E-state index is -1.02. The highest BCUT2D eigenvalue weighted by Crippen LogP contribution is 2.49. The summed E-state index contributed by atoms with van der Waals surface area (Å²) >= 11 is 0. The van der Waals surface area contributed by atoms with Gasteiger partial charge in [0.25, 0.3) is 0 Å². The topological polar surface area (TPSA) is 82.1 Å². The molecule has 7 heteroatoms. The largest absolute Gasteiger partial charge is 0.494 e. The van der Waals surface area contributed by atoms with Gasteiger partial charge < -0.3 is 19.2 Å². The highest BCUT2D eigenvalue weighted by molar-refractivity contribution is 6.62. The Bertz CT molecular complexity index is 1040. The van der Waals surface area contributed by atoms with Crippen LogP contribution in [0.5, 0.6) is 0 Å². The molecule has 6 nitrogen and oxygen atoms in total. The van der Waals surface area contributed by atoms with Crippen LogP contribution in [0.2, 0.25) is 0 Å². The number of ether oxygens (including phenoxy) is 1. The maximum absolute atomic E-state index is 12.4. The van der Waals surface area contributed by atoms with Gasteiger partial charge in [-0.1, -0.05) is 36.4 Å². The van der Waals surface area contributed by atoms with Crippen molar-refractivity contribution in [1.82, 2.24) is 0 Å². The van der Waals surface area contributed by atoms with E-state index < -0.39 is 29.7 Å². The normalized spacial score (nSPS) is 20.1. The summed E-state index contributed by atoms with van der Waals surface area (Å²) in [6, 6.07) is 12.8. The Morgan fingerprint density at radius 2 is 1.59 bits per heavy atom. The smallest absolute Gasteiger partial charge is 0.478 e.